The zero-order valence-electron chi connectivity index (χ0n) is 13.9. The molecular weight excluding hydrogens is 423 g/mol. The van der Waals surface area contributed by atoms with Gasteiger partial charge in [0.2, 0.25) is 11.2 Å². The van der Waals surface area contributed by atoms with Gasteiger partial charge in [-0.25, -0.2) is 0 Å². The highest BCUT2D eigenvalue weighted by atomic mass is 127. The molecule has 1 aromatic heterocycles. The van der Waals surface area contributed by atoms with Gasteiger partial charge in [0.15, 0.2) is 6.29 Å². The number of aryl methyl sites for hydroxylation is 1. The molecule has 0 saturated carbocycles. The topological polar surface area (TPSA) is 34.4 Å². The Morgan fingerprint density at radius 1 is 1.22 bits per heavy atom. The van der Waals surface area contributed by atoms with E-state index >= 15 is 0 Å². The largest absolute Gasteiger partial charge is 1.00 e. The Labute approximate surface area is 159 Å². The highest BCUT2D eigenvalue weighted by Gasteiger charge is 2.11. The maximum atomic E-state index is 5.20. The number of halogens is 1. The van der Waals surface area contributed by atoms with Gasteiger partial charge in [0.25, 0.3) is 0 Å². The van der Waals surface area contributed by atoms with Gasteiger partial charge in [0.1, 0.15) is 7.05 Å². The van der Waals surface area contributed by atoms with Crippen molar-refractivity contribution in [1.29, 1.82) is 0 Å². The summed E-state index contributed by atoms with van der Waals surface area (Å²) in [6.45, 7) is 0.608. The monoisotopic (exact) mass is 446 g/mol. The molecule has 4 nitrogen and oxygen atoms in total. The van der Waals surface area contributed by atoms with Crippen LogP contribution in [0.3, 0.4) is 0 Å². The average molecular weight is 446 g/mol. The number of thioether (sulfide) groups is 1. The molecule has 0 radical (unpaired) electrons. The molecule has 2 aromatic rings. The fraction of sp³-hybridized carbons (Fsp3) is 0.353. The number of nitrogens with zero attached hydrogens (tertiary/aromatic N) is 1. The number of rotatable bonds is 7. The van der Waals surface area contributed by atoms with Gasteiger partial charge in [-0.2, -0.15) is 4.57 Å². The lowest BCUT2D eigenvalue weighted by Crippen LogP contribution is -3.00. The van der Waals surface area contributed by atoms with E-state index in [1.807, 2.05) is 0 Å². The van der Waals surface area contributed by atoms with Crippen LogP contribution in [0.25, 0.3) is 17.0 Å². The summed E-state index contributed by atoms with van der Waals surface area (Å²) in [6, 6.07) is 12.6. The van der Waals surface area contributed by atoms with Crippen molar-refractivity contribution < 1.29 is 38.0 Å². The minimum atomic E-state index is -0.249. The summed E-state index contributed by atoms with van der Waals surface area (Å²) in [6.07, 6.45) is 3.94. The maximum absolute atomic E-state index is 5.20. The molecule has 0 aliphatic rings. The highest BCUT2D eigenvalue weighted by Crippen LogP contribution is 2.15. The summed E-state index contributed by atoms with van der Waals surface area (Å²) in [5.41, 5.74) is 2.35. The highest BCUT2D eigenvalue weighted by molar-refractivity contribution is 8.02. The second kappa shape index (κ2) is 10.1. The number of pyridine rings is 1. The van der Waals surface area contributed by atoms with Gasteiger partial charge in [-0.1, -0.05) is 12.1 Å². The summed E-state index contributed by atoms with van der Waals surface area (Å²) in [5, 5.41) is 5.67. The maximum Gasteiger partial charge on any atom is 0.212 e. The molecule has 23 heavy (non-hydrogen) atoms. The normalized spacial score (nSPS) is 11.6. The van der Waals surface area contributed by atoms with Gasteiger partial charge in [-0.3, -0.25) is 0 Å². The van der Waals surface area contributed by atoms with Crippen LogP contribution in [-0.2, 0) is 16.5 Å². The van der Waals surface area contributed by atoms with Crippen LogP contribution in [0, 0.1) is 0 Å². The third kappa shape index (κ3) is 5.34. The van der Waals surface area contributed by atoms with Crippen molar-refractivity contribution in [3.8, 4) is 0 Å². The van der Waals surface area contributed by atoms with Gasteiger partial charge in [0.05, 0.1) is 11.6 Å². The van der Waals surface area contributed by atoms with Gasteiger partial charge in [-0.15, -0.1) is 11.8 Å². The lowest BCUT2D eigenvalue weighted by molar-refractivity contribution is -0.646. The van der Waals surface area contributed by atoms with Gasteiger partial charge < -0.3 is 38.8 Å². The number of ether oxygens (including phenoxy) is 2. The van der Waals surface area contributed by atoms with E-state index in [2.05, 4.69) is 65.7 Å². The Hall–Kier alpha value is -0.830. The minimum absolute atomic E-state index is 0. The molecule has 1 heterocycles. The van der Waals surface area contributed by atoms with Crippen LogP contribution < -0.4 is 33.9 Å². The van der Waals surface area contributed by atoms with E-state index in [9.17, 15) is 0 Å². The van der Waals surface area contributed by atoms with Crippen LogP contribution in [0.15, 0.2) is 41.4 Å². The standard InChI is InChI=1S/C17H22N2O2S.HI/c1-19-14(10-9-13-7-5-6-8-15(13)19)11-16(22-4)18-12-17(20-2)21-3;/h5-11,17H,12H2,1-4H3;1H. The number of hydrogen-bond acceptors (Lipinski definition) is 4. The Morgan fingerprint density at radius 3 is 2.57 bits per heavy atom. The van der Waals surface area contributed by atoms with Crippen LogP contribution in [0.5, 0.6) is 0 Å². The lowest BCUT2D eigenvalue weighted by Gasteiger charge is -2.15. The van der Waals surface area contributed by atoms with Crippen LogP contribution in [0.2, 0.25) is 0 Å². The molecule has 0 fully saturated rings. The van der Waals surface area contributed by atoms with Gasteiger partial charge in [0, 0.05) is 37.8 Å². The van der Waals surface area contributed by atoms with Gasteiger partial charge in [-0.05, 0) is 18.4 Å². The number of para-hydroxylation sites is 1. The predicted octanol–water partition coefficient (Wildman–Crippen LogP) is -0.462. The van der Waals surface area contributed by atoms with Crippen LogP contribution in [0.1, 0.15) is 5.69 Å². The Morgan fingerprint density at radius 2 is 1.91 bits per heavy atom. The number of fused-ring (bicyclic) bond motifs is 1. The molecule has 0 aliphatic carbocycles. The SMILES string of the molecule is COC(CN/C(=C/c1ccc2ccccc2[n+]1C)SC)OC.[I-]. The molecule has 0 atom stereocenters. The number of hydrogen-bond donors (Lipinski definition) is 1. The molecule has 0 saturated heterocycles. The molecule has 126 valence electrons. The molecular formula is C17H23IN2O2S. The first kappa shape index (κ1) is 20.2. The molecule has 1 aromatic carbocycles. The van der Waals surface area contributed by atoms with E-state index in [0.717, 1.165) is 10.7 Å². The Kier molecular flexibility index (Phi) is 8.90. The average Bonchev–Trinajstić information content (AvgIpc) is 2.57. The van der Waals surface area contributed by atoms with E-state index in [1.54, 1.807) is 26.0 Å². The van der Waals surface area contributed by atoms with Crippen molar-refractivity contribution in [1.82, 2.24) is 5.32 Å². The van der Waals surface area contributed by atoms with Crippen LogP contribution in [-0.4, -0.2) is 33.3 Å². The van der Waals surface area contributed by atoms with E-state index in [0.29, 0.717) is 6.54 Å². The molecule has 1 N–H and O–H groups in total. The molecule has 2 rings (SSSR count). The fourth-order valence-electron chi connectivity index (χ4n) is 2.27. The van der Waals surface area contributed by atoms with Crippen molar-refractivity contribution in [2.75, 3.05) is 27.0 Å². The van der Waals surface area contributed by atoms with E-state index in [1.165, 1.54) is 10.9 Å². The van der Waals surface area contributed by atoms with E-state index < -0.39 is 0 Å². The zero-order valence-corrected chi connectivity index (χ0v) is 16.8. The minimum Gasteiger partial charge on any atom is -1.00 e. The number of nitrogens with one attached hydrogen (secondary N) is 1. The fourth-order valence-corrected chi connectivity index (χ4v) is 2.73. The van der Waals surface area contributed by atoms with Crippen molar-refractivity contribution in [3.63, 3.8) is 0 Å². The molecule has 0 amide bonds. The summed E-state index contributed by atoms with van der Waals surface area (Å²) in [7, 11) is 5.36. The number of benzene rings is 1. The summed E-state index contributed by atoms with van der Waals surface area (Å²) in [4.78, 5) is 0. The summed E-state index contributed by atoms with van der Waals surface area (Å²) in [5.74, 6) is 0. The number of aromatic nitrogens is 1. The van der Waals surface area contributed by atoms with Crippen LogP contribution >= 0.6 is 11.8 Å². The second-order valence-electron chi connectivity index (χ2n) is 4.87. The third-order valence-electron chi connectivity index (χ3n) is 3.59. The first-order chi connectivity index (χ1) is 10.7. The van der Waals surface area contributed by atoms with Crippen molar-refractivity contribution in [2.24, 2.45) is 7.05 Å². The first-order valence-corrected chi connectivity index (χ1v) is 8.35. The van der Waals surface area contributed by atoms with Crippen molar-refractivity contribution >= 4 is 28.7 Å². The zero-order chi connectivity index (χ0) is 15.9. The van der Waals surface area contributed by atoms with Crippen molar-refractivity contribution in [3.05, 3.63) is 47.1 Å². The van der Waals surface area contributed by atoms with Gasteiger partial charge >= 0.3 is 0 Å². The van der Waals surface area contributed by atoms with E-state index in [-0.39, 0.29) is 30.3 Å². The predicted molar refractivity (Wildman–Crippen MR) is 92.4 cm³/mol. The smallest absolute Gasteiger partial charge is 0.212 e. The van der Waals surface area contributed by atoms with Crippen molar-refractivity contribution in [2.45, 2.75) is 6.29 Å². The quantitative estimate of drug-likeness (QED) is 0.355. The molecule has 6 heteroatoms. The molecule has 0 aliphatic heterocycles. The molecule has 0 spiro atoms. The Bertz CT molecular complexity index is 660. The van der Waals surface area contributed by atoms with E-state index in [4.69, 9.17) is 9.47 Å². The third-order valence-corrected chi connectivity index (χ3v) is 4.29. The number of methoxy groups -OCH3 is 2. The summed E-state index contributed by atoms with van der Waals surface area (Å²) < 4.78 is 12.6. The Balaban J connectivity index is 0.00000264. The molecule has 0 unspecified atom stereocenters. The summed E-state index contributed by atoms with van der Waals surface area (Å²) >= 11 is 1.67. The molecule has 0 bridgehead atoms. The lowest BCUT2D eigenvalue weighted by atomic mass is 10.2. The van der Waals surface area contributed by atoms with Crippen LogP contribution in [0.4, 0.5) is 0 Å². The second-order valence-corrected chi connectivity index (χ2v) is 5.72. The first-order valence-electron chi connectivity index (χ1n) is 7.12.